The zero-order valence-electron chi connectivity index (χ0n) is 13.4. The maximum absolute atomic E-state index is 13.0. The Hall–Kier alpha value is -2.56. The summed E-state index contributed by atoms with van der Waals surface area (Å²) in [5.74, 6) is 0.0208. The summed E-state index contributed by atoms with van der Waals surface area (Å²) in [6.45, 7) is 0.689. The summed E-state index contributed by atoms with van der Waals surface area (Å²) in [6, 6.07) is 5.73. The molecule has 122 valence electrons. The first-order chi connectivity index (χ1) is 11.6. The number of benzene rings is 1. The van der Waals surface area contributed by atoms with Crippen LogP contribution in [0.5, 0.6) is 0 Å². The fourth-order valence-corrected chi connectivity index (χ4v) is 4.94. The Morgan fingerprint density at radius 2 is 2.25 bits per heavy atom. The van der Waals surface area contributed by atoms with E-state index in [4.69, 9.17) is 4.74 Å². The Balaban J connectivity index is 1.91. The number of esters is 1. The van der Waals surface area contributed by atoms with Crippen molar-refractivity contribution < 1.29 is 14.3 Å². The predicted octanol–water partition coefficient (Wildman–Crippen LogP) is 1.92. The lowest BCUT2D eigenvalue weighted by Crippen LogP contribution is -2.64. The maximum Gasteiger partial charge on any atom is 0.318 e. The van der Waals surface area contributed by atoms with Crippen molar-refractivity contribution in [3.05, 3.63) is 47.7 Å². The number of aromatic amines is 1. The van der Waals surface area contributed by atoms with Crippen molar-refractivity contribution in [3.8, 4) is 0 Å². The van der Waals surface area contributed by atoms with Crippen LogP contribution < -0.4 is 0 Å². The Labute approximate surface area is 139 Å². The van der Waals surface area contributed by atoms with E-state index < -0.39 is 5.41 Å². The number of hydrogen-bond acceptors (Lipinski definition) is 3. The Kier molecular flexibility index (Phi) is 2.59. The number of rotatable bonds is 1. The SMILES string of the molecule is COC(=O)[C@@]12C[C@H]3C=C[C@@H]1N(C3)C(=O)Cc1c[nH]c3cccc2c13. The summed E-state index contributed by atoms with van der Waals surface area (Å²) in [6.07, 6.45) is 7.13. The van der Waals surface area contributed by atoms with Crippen LogP contribution in [0.25, 0.3) is 10.9 Å². The molecule has 0 unspecified atom stereocenters. The van der Waals surface area contributed by atoms with Gasteiger partial charge in [-0.1, -0.05) is 24.3 Å². The minimum absolute atomic E-state index is 0.0812. The molecule has 6 rings (SSSR count). The molecule has 3 aliphatic heterocycles. The molecule has 1 fully saturated rings. The van der Waals surface area contributed by atoms with Gasteiger partial charge in [0.2, 0.25) is 5.91 Å². The van der Waals surface area contributed by atoms with E-state index in [1.54, 1.807) is 0 Å². The maximum atomic E-state index is 13.0. The number of nitrogens with zero attached hydrogens (tertiary/aromatic N) is 1. The highest BCUT2D eigenvalue weighted by molar-refractivity contribution is 5.99. The predicted molar refractivity (Wildman–Crippen MR) is 88.4 cm³/mol. The summed E-state index contributed by atoms with van der Waals surface area (Å²) in [5, 5.41) is 1.01. The topological polar surface area (TPSA) is 62.4 Å². The molecule has 24 heavy (non-hydrogen) atoms. The van der Waals surface area contributed by atoms with Crippen molar-refractivity contribution >= 4 is 22.8 Å². The molecule has 1 amide bonds. The van der Waals surface area contributed by atoms with Gasteiger partial charge < -0.3 is 14.6 Å². The zero-order chi connectivity index (χ0) is 16.5. The number of hydrogen-bond donors (Lipinski definition) is 1. The Morgan fingerprint density at radius 3 is 3.04 bits per heavy atom. The van der Waals surface area contributed by atoms with E-state index in [1.165, 1.54) is 7.11 Å². The fourth-order valence-electron chi connectivity index (χ4n) is 4.94. The third kappa shape index (κ3) is 1.50. The molecule has 1 aromatic carbocycles. The van der Waals surface area contributed by atoms with Gasteiger partial charge in [-0.15, -0.1) is 0 Å². The van der Waals surface area contributed by atoms with E-state index >= 15 is 0 Å². The number of nitrogens with one attached hydrogen (secondary N) is 1. The summed E-state index contributed by atoms with van der Waals surface area (Å²) in [7, 11) is 1.44. The van der Waals surface area contributed by atoms with E-state index in [-0.39, 0.29) is 23.8 Å². The second-order valence-electron chi connectivity index (χ2n) is 7.02. The quantitative estimate of drug-likeness (QED) is 0.644. The van der Waals surface area contributed by atoms with Crippen molar-refractivity contribution in [2.75, 3.05) is 13.7 Å². The molecule has 4 heterocycles. The molecule has 4 aliphatic rings. The van der Waals surface area contributed by atoms with Gasteiger partial charge in [0.15, 0.2) is 0 Å². The minimum atomic E-state index is -0.820. The van der Waals surface area contributed by atoms with Crippen LogP contribution >= 0.6 is 0 Å². The molecular weight excluding hydrogens is 304 g/mol. The lowest BCUT2D eigenvalue weighted by Gasteiger charge is -2.53. The Morgan fingerprint density at radius 1 is 1.38 bits per heavy atom. The average Bonchev–Trinajstić information content (AvgIpc) is 3.03. The van der Waals surface area contributed by atoms with Crippen LogP contribution in [-0.4, -0.2) is 41.5 Å². The summed E-state index contributed by atoms with van der Waals surface area (Å²) in [4.78, 5) is 31.1. The van der Waals surface area contributed by atoms with Crippen LogP contribution in [0.3, 0.4) is 0 Å². The van der Waals surface area contributed by atoms with E-state index in [0.29, 0.717) is 19.4 Å². The van der Waals surface area contributed by atoms with Gasteiger partial charge >= 0.3 is 5.97 Å². The Bertz CT molecular complexity index is 912. The van der Waals surface area contributed by atoms with Crippen LogP contribution in [0.4, 0.5) is 0 Å². The van der Waals surface area contributed by atoms with Gasteiger partial charge in [-0.25, -0.2) is 0 Å². The third-order valence-electron chi connectivity index (χ3n) is 5.90. The number of ether oxygens (including phenoxy) is 1. The van der Waals surface area contributed by atoms with Gasteiger partial charge in [-0.3, -0.25) is 9.59 Å². The summed E-state index contributed by atoms with van der Waals surface area (Å²) >= 11 is 0. The first-order valence-corrected chi connectivity index (χ1v) is 8.31. The van der Waals surface area contributed by atoms with Crippen molar-refractivity contribution in [3.63, 3.8) is 0 Å². The second-order valence-corrected chi connectivity index (χ2v) is 7.02. The molecule has 2 aromatic rings. The number of methoxy groups -OCH3 is 1. The number of carbonyl (C=O) groups is 2. The van der Waals surface area contributed by atoms with E-state index in [0.717, 1.165) is 22.0 Å². The molecule has 1 N–H and O–H groups in total. The van der Waals surface area contributed by atoms with E-state index in [9.17, 15) is 9.59 Å². The van der Waals surface area contributed by atoms with Crippen LogP contribution in [0.2, 0.25) is 0 Å². The molecular formula is C19H18N2O3. The second kappa shape index (κ2) is 4.50. The van der Waals surface area contributed by atoms with Crippen molar-refractivity contribution in [1.29, 1.82) is 0 Å². The highest BCUT2D eigenvalue weighted by Crippen LogP contribution is 2.50. The smallest absolute Gasteiger partial charge is 0.318 e. The van der Waals surface area contributed by atoms with Gasteiger partial charge in [0.25, 0.3) is 0 Å². The van der Waals surface area contributed by atoms with Gasteiger partial charge in [-0.2, -0.15) is 0 Å². The summed E-state index contributed by atoms with van der Waals surface area (Å²) < 4.78 is 5.25. The molecule has 5 heteroatoms. The highest BCUT2D eigenvalue weighted by Gasteiger charge is 2.58. The monoisotopic (exact) mass is 322 g/mol. The van der Waals surface area contributed by atoms with Crippen LogP contribution in [0, 0.1) is 5.92 Å². The first-order valence-electron chi connectivity index (χ1n) is 8.31. The average molecular weight is 322 g/mol. The molecule has 1 saturated heterocycles. The van der Waals surface area contributed by atoms with Crippen LogP contribution in [0.1, 0.15) is 17.5 Å². The standard InChI is InChI=1S/C19H18N2O3/c1-24-18(23)19-8-11-5-6-15(19)21(10-11)16(22)7-12-9-20-14-4-2-3-13(19)17(12)14/h2-6,9,11,15,20H,7-8,10H2,1H3/t11-,15+,19-/m1/s1. The lowest BCUT2D eigenvalue weighted by atomic mass is 9.60. The number of amides is 1. The summed E-state index contributed by atoms with van der Waals surface area (Å²) in [5.41, 5.74) is 2.10. The molecule has 4 bridgehead atoms. The number of piperidine rings is 1. The zero-order valence-corrected chi connectivity index (χ0v) is 13.4. The van der Waals surface area contributed by atoms with Crippen molar-refractivity contribution in [2.45, 2.75) is 24.3 Å². The fraction of sp³-hybridized carbons (Fsp3) is 0.368. The molecule has 3 atom stereocenters. The van der Waals surface area contributed by atoms with Gasteiger partial charge in [0.1, 0.15) is 5.41 Å². The van der Waals surface area contributed by atoms with Crippen molar-refractivity contribution in [2.24, 2.45) is 5.92 Å². The molecule has 0 radical (unpaired) electrons. The van der Waals surface area contributed by atoms with Crippen molar-refractivity contribution in [1.82, 2.24) is 9.88 Å². The van der Waals surface area contributed by atoms with E-state index in [1.807, 2.05) is 35.4 Å². The number of H-pyrrole nitrogens is 1. The molecule has 0 spiro atoms. The van der Waals surface area contributed by atoms with Gasteiger partial charge in [-0.05, 0) is 29.5 Å². The molecule has 1 aliphatic carbocycles. The van der Waals surface area contributed by atoms with E-state index in [2.05, 4.69) is 11.1 Å². The largest absolute Gasteiger partial charge is 0.468 e. The first kappa shape index (κ1) is 13.8. The molecule has 0 saturated carbocycles. The normalized spacial score (nSPS) is 30.4. The molecule has 5 nitrogen and oxygen atoms in total. The van der Waals surface area contributed by atoms with Gasteiger partial charge in [0.05, 0.1) is 19.6 Å². The number of carbonyl (C=O) groups excluding carboxylic acids is 2. The molecule has 1 aromatic heterocycles. The minimum Gasteiger partial charge on any atom is -0.468 e. The third-order valence-corrected chi connectivity index (χ3v) is 5.90. The van der Waals surface area contributed by atoms with Crippen LogP contribution in [-0.2, 0) is 26.2 Å². The van der Waals surface area contributed by atoms with Gasteiger partial charge in [0, 0.05) is 23.6 Å². The van der Waals surface area contributed by atoms with Crippen LogP contribution in [0.15, 0.2) is 36.5 Å². The lowest BCUT2D eigenvalue weighted by molar-refractivity contribution is -0.156. The highest BCUT2D eigenvalue weighted by atomic mass is 16.5. The number of aromatic nitrogens is 1.